The summed E-state index contributed by atoms with van der Waals surface area (Å²) in [6.45, 7) is 3.31. The van der Waals surface area contributed by atoms with Crippen LogP contribution in [0.1, 0.15) is 16.8 Å². The largest absolute Gasteiger partial charge is 0.397 e. The first-order valence-corrected chi connectivity index (χ1v) is 7.39. The monoisotopic (exact) mass is 290 g/mol. The van der Waals surface area contributed by atoms with Gasteiger partial charge >= 0.3 is 0 Å². The second-order valence-corrected chi connectivity index (χ2v) is 6.27. The van der Waals surface area contributed by atoms with Crippen LogP contribution in [0.2, 0.25) is 0 Å². The Hall–Kier alpha value is -1.75. The fourth-order valence-corrected chi connectivity index (χ4v) is 2.95. The number of anilines is 2. The predicted octanol–water partition coefficient (Wildman–Crippen LogP) is 1.36. The first-order valence-electron chi connectivity index (χ1n) is 7.39. The van der Waals surface area contributed by atoms with Crippen molar-refractivity contribution in [1.82, 2.24) is 9.80 Å². The van der Waals surface area contributed by atoms with E-state index < -0.39 is 0 Å². The number of hydrogen-bond donors (Lipinski definition) is 1. The number of rotatable bonds is 4. The zero-order valence-electron chi connectivity index (χ0n) is 13.5. The Morgan fingerprint density at radius 1 is 1.38 bits per heavy atom. The minimum Gasteiger partial charge on any atom is -0.397 e. The van der Waals surface area contributed by atoms with Gasteiger partial charge in [0.2, 0.25) is 0 Å². The Labute approximate surface area is 127 Å². The van der Waals surface area contributed by atoms with E-state index in [1.807, 2.05) is 12.1 Å². The van der Waals surface area contributed by atoms with Crippen molar-refractivity contribution in [2.75, 3.05) is 58.5 Å². The summed E-state index contributed by atoms with van der Waals surface area (Å²) >= 11 is 0. The van der Waals surface area contributed by atoms with E-state index in [9.17, 15) is 4.79 Å². The van der Waals surface area contributed by atoms with Crippen LogP contribution in [-0.2, 0) is 0 Å². The molecule has 116 valence electrons. The highest BCUT2D eigenvalue weighted by Crippen LogP contribution is 2.26. The van der Waals surface area contributed by atoms with Crippen LogP contribution >= 0.6 is 0 Å². The third kappa shape index (κ3) is 3.67. The summed E-state index contributed by atoms with van der Waals surface area (Å²) in [7, 11) is 7.72. The van der Waals surface area contributed by atoms with E-state index >= 15 is 0 Å². The number of benzene rings is 1. The second kappa shape index (κ2) is 6.35. The molecule has 0 saturated carbocycles. The highest BCUT2D eigenvalue weighted by molar-refractivity contribution is 5.95. The molecular weight excluding hydrogens is 264 g/mol. The molecule has 1 aliphatic rings. The fourth-order valence-electron chi connectivity index (χ4n) is 2.95. The van der Waals surface area contributed by atoms with Crippen LogP contribution in [0.4, 0.5) is 11.4 Å². The molecule has 0 radical (unpaired) electrons. The smallest absolute Gasteiger partial charge is 0.253 e. The first-order chi connectivity index (χ1) is 9.88. The van der Waals surface area contributed by atoms with Gasteiger partial charge in [-0.05, 0) is 44.1 Å². The average molecular weight is 290 g/mol. The molecule has 1 aromatic rings. The van der Waals surface area contributed by atoms with Gasteiger partial charge in [-0.1, -0.05) is 0 Å². The van der Waals surface area contributed by atoms with Crippen molar-refractivity contribution in [2.45, 2.75) is 6.42 Å². The van der Waals surface area contributed by atoms with E-state index in [-0.39, 0.29) is 5.91 Å². The summed E-state index contributed by atoms with van der Waals surface area (Å²) in [5.74, 6) is 0.663. The van der Waals surface area contributed by atoms with Crippen LogP contribution < -0.4 is 10.6 Å². The molecule has 1 atom stereocenters. The van der Waals surface area contributed by atoms with Crippen molar-refractivity contribution in [2.24, 2.45) is 5.92 Å². The zero-order chi connectivity index (χ0) is 15.6. The molecule has 0 aromatic heterocycles. The van der Waals surface area contributed by atoms with E-state index in [2.05, 4.69) is 23.9 Å². The molecule has 0 aliphatic carbocycles. The quantitative estimate of drug-likeness (QED) is 0.851. The van der Waals surface area contributed by atoms with Gasteiger partial charge in [-0.3, -0.25) is 4.79 Å². The van der Waals surface area contributed by atoms with E-state index in [0.717, 1.165) is 18.8 Å². The molecule has 1 aromatic carbocycles. The van der Waals surface area contributed by atoms with Gasteiger partial charge in [0.05, 0.1) is 11.4 Å². The van der Waals surface area contributed by atoms with Gasteiger partial charge in [-0.15, -0.1) is 0 Å². The van der Waals surface area contributed by atoms with Gasteiger partial charge in [0.25, 0.3) is 5.91 Å². The van der Waals surface area contributed by atoms with Crippen LogP contribution in [0, 0.1) is 5.92 Å². The van der Waals surface area contributed by atoms with Crippen LogP contribution in [0.3, 0.4) is 0 Å². The SMILES string of the molecule is CN1CCC(CN(C)c2ccc(C(=O)N(C)C)cc2N)C1. The van der Waals surface area contributed by atoms with Crippen molar-refractivity contribution in [3.63, 3.8) is 0 Å². The lowest BCUT2D eigenvalue weighted by Crippen LogP contribution is -2.28. The minimum atomic E-state index is -0.0201. The number of amides is 1. The third-order valence-corrected chi connectivity index (χ3v) is 4.11. The molecule has 1 amide bonds. The maximum absolute atomic E-state index is 11.9. The molecule has 0 spiro atoms. The summed E-state index contributed by atoms with van der Waals surface area (Å²) in [6.07, 6.45) is 1.23. The Morgan fingerprint density at radius 2 is 2.10 bits per heavy atom. The number of nitrogen functional groups attached to an aromatic ring is 1. The summed E-state index contributed by atoms with van der Waals surface area (Å²) in [5, 5.41) is 0. The summed E-state index contributed by atoms with van der Waals surface area (Å²) in [4.78, 5) is 18.1. The maximum Gasteiger partial charge on any atom is 0.253 e. The van der Waals surface area contributed by atoms with Crippen LogP contribution in [-0.4, -0.2) is 63.5 Å². The number of nitrogens with zero attached hydrogens (tertiary/aromatic N) is 3. The third-order valence-electron chi connectivity index (χ3n) is 4.11. The molecule has 0 bridgehead atoms. The molecule has 1 unspecified atom stereocenters. The van der Waals surface area contributed by atoms with E-state index in [0.29, 0.717) is 17.2 Å². The molecule has 1 heterocycles. The molecule has 1 fully saturated rings. The number of carbonyl (C=O) groups excluding carboxylic acids is 1. The van der Waals surface area contributed by atoms with Crippen molar-refractivity contribution in [3.05, 3.63) is 23.8 Å². The highest BCUT2D eigenvalue weighted by atomic mass is 16.2. The van der Waals surface area contributed by atoms with Gasteiger partial charge in [-0.2, -0.15) is 0 Å². The Balaban J connectivity index is 2.07. The standard InChI is InChI=1S/C16H26N4O/c1-18(2)16(21)13-5-6-15(14(17)9-13)20(4)11-12-7-8-19(3)10-12/h5-6,9,12H,7-8,10-11,17H2,1-4H3. The molecular formula is C16H26N4O. The molecule has 5 heteroatoms. The topological polar surface area (TPSA) is 52.8 Å². The van der Waals surface area contributed by atoms with Crippen LogP contribution in [0.5, 0.6) is 0 Å². The zero-order valence-corrected chi connectivity index (χ0v) is 13.5. The Bertz CT molecular complexity index is 515. The molecule has 1 aliphatic heterocycles. The van der Waals surface area contributed by atoms with E-state index in [1.165, 1.54) is 13.0 Å². The number of hydrogen-bond acceptors (Lipinski definition) is 4. The van der Waals surface area contributed by atoms with E-state index in [4.69, 9.17) is 5.73 Å². The second-order valence-electron chi connectivity index (χ2n) is 6.27. The van der Waals surface area contributed by atoms with Gasteiger partial charge < -0.3 is 20.4 Å². The average Bonchev–Trinajstić information content (AvgIpc) is 2.82. The Morgan fingerprint density at radius 3 is 2.62 bits per heavy atom. The normalized spacial score (nSPS) is 18.8. The summed E-state index contributed by atoms with van der Waals surface area (Å²) in [6, 6.07) is 5.57. The van der Waals surface area contributed by atoms with Gasteiger partial charge in [0.15, 0.2) is 0 Å². The summed E-state index contributed by atoms with van der Waals surface area (Å²) < 4.78 is 0. The lowest BCUT2D eigenvalue weighted by molar-refractivity contribution is 0.0827. The van der Waals surface area contributed by atoms with Crippen molar-refractivity contribution < 1.29 is 4.79 Å². The fraction of sp³-hybridized carbons (Fsp3) is 0.562. The van der Waals surface area contributed by atoms with Crippen molar-refractivity contribution >= 4 is 17.3 Å². The molecule has 2 N–H and O–H groups in total. The molecule has 2 rings (SSSR count). The van der Waals surface area contributed by atoms with Crippen LogP contribution in [0.15, 0.2) is 18.2 Å². The highest BCUT2D eigenvalue weighted by Gasteiger charge is 2.21. The molecule has 5 nitrogen and oxygen atoms in total. The predicted molar refractivity (Wildman–Crippen MR) is 87.7 cm³/mol. The number of nitrogens with two attached hydrogens (primary N) is 1. The lowest BCUT2D eigenvalue weighted by Gasteiger charge is -2.25. The van der Waals surface area contributed by atoms with Crippen molar-refractivity contribution in [1.29, 1.82) is 0 Å². The number of carbonyl (C=O) groups is 1. The summed E-state index contributed by atoms with van der Waals surface area (Å²) in [5.41, 5.74) is 8.44. The van der Waals surface area contributed by atoms with Gasteiger partial charge in [-0.25, -0.2) is 0 Å². The van der Waals surface area contributed by atoms with Crippen LogP contribution in [0.25, 0.3) is 0 Å². The van der Waals surface area contributed by atoms with Gasteiger partial charge in [0.1, 0.15) is 0 Å². The first kappa shape index (κ1) is 15.6. The van der Waals surface area contributed by atoms with Crippen molar-refractivity contribution in [3.8, 4) is 0 Å². The molecule has 1 saturated heterocycles. The number of likely N-dealkylation sites (tertiary alicyclic amines) is 1. The minimum absolute atomic E-state index is 0.0201. The maximum atomic E-state index is 11.9. The lowest BCUT2D eigenvalue weighted by atomic mass is 10.1. The Kier molecular flexibility index (Phi) is 4.73. The van der Waals surface area contributed by atoms with Gasteiger partial charge in [0, 0.05) is 39.8 Å². The molecule has 21 heavy (non-hydrogen) atoms. The van der Waals surface area contributed by atoms with E-state index in [1.54, 1.807) is 25.1 Å².